The van der Waals surface area contributed by atoms with E-state index in [0.29, 0.717) is 13.0 Å². The van der Waals surface area contributed by atoms with Gasteiger partial charge in [-0.25, -0.2) is 0 Å². The Morgan fingerprint density at radius 1 is 1.50 bits per heavy atom. The first-order valence-corrected chi connectivity index (χ1v) is 6.28. The van der Waals surface area contributed by atoms with Gasteiger partial charge in [0.15, 0.2) is 0 Å². The maximum absolute atomic E-state index is 11.8. The third-order valence-electron chi connectivity index (χ3n) is 3.66. The Labute approximate surface area is 108 Å². The zero-order valence-corrected chi connectivity index (χ0v) is 11.2. The number of hydrogen-bond acceptors (Lipinski definition) is 3. The molecule has 2 rings (SSSR count). The first-order chi connectivity index (χ1) is 8.45. The first kappa shape index (κ1) is 12.9. The molecule has 1 amide bonds. The van der Waals surface area contributed by atoms with E-state index in [4.69, 9.17) is 10.5 Å². The smallest absolute Gasteiger partial charge is 0.230 e. The summed E-state index contributed by atoms with van der Waals surface area (Å²) in [5, 5.41) is 0. The summed E-state index contributed by atoms with van der Waals surface area (Å²) < 4.78 is 5.59. The van der Waals surface area contributed by atoms with Crippen molar-refractivity contribution in [3.63, 3.8) is 0 Å². The molecule has 1 aliphatic heterocycles. The van der Waals surface area contributed by atoms with E-state index in [9.17, 15) is 4.79 Å². The number of fused-ring (bicyclic) bond motifs is 1. The number of hydrogen-bond donors (Lipinski definition) is 1. The lowest BCUT2D eigenvalue weighted by molar-refractivity contribution is -0.118. The Morgan fingerprint density at radius 2 is 2.22 bits per heavy atom. The summed E-state index contributed by atoms with van der Waals surface area (Å²) in [6.07, 6.45) is 1.25. The van der Waals surface area contributed by atoms with Gasteiger partial charge in [-0.15, -0.1) is 0 Å². The van der Waals surface area contributed by atoms with Crippen molar-refractivity contribution in [2.75, 3.05) is 18.6 Å². The summed E-state index contributed by atoms with van der Waals surface area (Å²) in [4.78, 5) is 13.5. The molecule has 0 saturated carbocycles. The number of nitrogens with zero attached hydrogens (tertiary/aromatic N) is 1. The van der Waals surface area contributed by atoms with Crippen molar-refractivity contribution in [3.8, 4) is 5.75 Å². The Hall–Kier alpha value is -1.55. The van der Waals surface area contributed by atoms with Crippen LogP contribution in [0.1, 0.15) is 32.3 Å². The van der Waals surface area contributed by atoms with Gasteiger partial charge < -0.3 is 15.4 Å². The first-order valence-electron chi connectivity index (χ1n) is 6.28. The molecule has 0 aliphatic carbocycles. The van der Waals surface area contributed by atoms with Crippen LogP contribution in [0, 0.1) is 0 Å². The predicted octanol–water partition coefficient (Wildman–Crippen LogP) is 2.02. The molecule has 4 heteroatoms. The van der Waals surface area contributed by atoms with E-state index in [1.54, 1.807) is 11.9 Å². The fourth-order valence-corrected chi connectivity index (χ4v) is 2.01. The number of rotatable bonds is 2. The van der Waals surface area contributed by atoms with Crippen LogP contribution in [-0.4, -0.2) is 19.6 Å². The Bertz CT molecular complexity index is 469. The second kappa shape index (κ2) is 4.61. The number of ether oxygens (including phenoxy) is 1. The molecule has 1 aromatic carbocycles. The highest BCUT2D eigenvalue weighted by Gasteiger charge is 2.24. The Balaban J connectivity index is 2.47. The number of anilines is 1. The van der Waals surface area contributed by atoms with E-state index in [-0.39, 0.29) is 11.4 Å². The van der Waals surface area contributed by atoms with Crippen molar-refractivity contribution >= 4 is 11.6 Å². The van der Waals surface area contributed by atoms with Crippen LogP contribution >= 0.6 is 0 Å². The van der Waals surface area contributed by atoms with Crippen LogP contribution in [0.15, 0.2) is 18.2 Å². The third kappa shape index (κ3) is 2.20. The average Bonchev–Trinajstić information content (AvgIpc) is 2.50. The third-order valence-corrected chi connectivity index (χ3v) is 3.66. The van der Waals surface area contributed by atoms with Crippen LogP contribution in [0.2, 0.25) is 0 Å². The molecule has 0 aromatic heterocycles. The molecule has 4 nitrogen and oxygen atoms in total. The molecule has 1 aliphatic rings. The lowest BCUT2D eigenvalue weighted by Crippen LogP contribution is -2.32. The highest BCUT2D eigenvalue weighted by Crippen LogP contribution is 2.34. The summed E-state index contributed by atoms with van der Waals surface area (Å²) in [5.41, 5.74) is 7.69. The van der Waals surface area contributed by atoms with Gasteiger partial charge in [-0.1, -0.05) is 13.0 Å². The highest BCUT2D eigenvalue weighted by molar-refractivity contribution is 5.95. The SMILES string of the molecule is CCC(C)(N)c1ccc2c(c1)N(C)C(=O)CCO2. The molecular weight excluding hydrogens is 228 g/mol. The van der Waals surface area contributed by atoms with E-state index in [2.05, 4.69) is 6.92 Å². The largest absolute Gasteiger partial charge is 0.491 e. The van der Waals surface area contributed by atoms with Crippen LogP contribution in [-0.2, 0) is 10.3 Å². The van der Waals surface area contributed by atoms with E-state index >= 15 is 0 Å². The zero-order chi connectivity index (χ0) is 13.3. The van der Waals surface area contributed by atoms with E-state index in [1.165, 1.54) is 0 Å². The second-order valence-corrected chi connectivity index (χ2v) is 5.00. The molecule has 0 bridgehead atoms. The normalized spacial score (nSPS) is 18.7. The van der Waals surface area contributed by atoms with Crippen molar-refractivity contribution in [3.05, 3.63) is 23.8 Å². The Kier molecular flexibility index (Phi) is 3.30. The van der Waals surface area contributed by atoms with Crippen molar-refractivity contribution in [2.45, 2.75) is 32.2 Å². The molecule has 2 N–H and O–H groups in total. The summed E-state index contributed by atoms with van der Waals surface area (Å²) in [5.74, 6) is 0.820. The van der Waals surface area contributed by atoms with Gasteiger partial charge in [-0.2, -0.15) is 0 Å². The molecule has 0 fully saturated rings. The number of amides is 1. The molecule has 1 atom stereocenters. The molecule has 18 heavy (non-hydrogen) atoms. The average molecular weight is 248 g/mol. The lowest BCUT2D eigenvalue weighted by atomic mass is 9.90. The van der Waals surface area contributed by atoms with Gasteiger partial charge in [-0.3, -0.25) is 4.79 Å². The van der Waals surface area contributed by atoms with Crippen molar-refractivity contribution in [2.24, 2.45) is 5.73 Å². The van der Waals surface area contributed by atoms with Gasteiger partial charge in [0.25, 0.3) is 0 Å². The minimum absolute atomic E-state index is 0.0705. The lowest BCUT2D eigenvalue weighted by Gasteiger charge is -2.26. The van der Waals surface area contributed by atoms with Gasteiger partial charge in [-0.05, 0) is 31.0 Å². The van der Waals surface area contributed by atoms with Crippen molar-refractivity contribution in [1.29, 1.82) is 0 Å². The van der Waals surface area contributed by atoms with E-state index in [1.807, 2.05) is 25.1 Å². The topological polar surface area (TPSA) is 55.6 Å². The maximum atomic E-state index is 11.8. The van der Waals surface area contributed by atoms with Crippen molar-refractivity contribution in [1.82, 2.24) is 0 Å². The molecule has 1 unspecified atom stereocenters. The van der Waals surface area contributed by atoms with Crippen molar-refractivity contribution < 1.29 is 9.53 Å². The summed E-state index contributed by atoms with van der Waals surface area (Å²) >= 11 is 0. The predicted molar refractivity (Wildman–Crippen MR) is 71.8 cm³/mol. The molecule has 98 valence electrons. The Morgan fingerprint density at radius 3 is 2.89 bits per heavy atom. The van der Waals surface area contributed by atoms with Gasteiger partial charge in [0.05, 0.1) is 18.7 Å². The number of carbonyl (C=O) groups is 1. The van der Waals surface area contributed by atoms with Crippen LogP contribution in [0.4, 0.5) is 5.69 Å². The van der Waals surface area contributed by atoms with Crippen LogP contribution in [0.5, 0.6) is 5.75 Å². The van der Waals surface area contributed by atoms with E-state index in [0.717, 1.165) is 23.4 Å². The molecule has 0 saturated heterocycles. The van der Waals surface area contributed by atoms with E-state index < -0.39 is 0 Å². The van der Waals surface area contributed by atoms with Gasteiger partial charge in [0.2, 0.25) is 5.91 Å². The van der Waals surface area contributed by atoms with Crippen LogP contribution in [0.25, 0.3) is 0 Å². The molecule has 1 aromatic rings. The minimum Gasteiger partial charge on any atom is -0.491 e. The summed E-state index contributed by atoms with van der Waals surface area (Å²) in [6.45, 7) is 4.48. The van der Waals surface area contributed by atoms with Gasteiger partial charge in [0, 0.05) is 12.6 Å². The fourth-order valence-electron chi connectivity index (χ4n) is 2.01. The highest BCUT2D eigenvalue weighted by atomic mass is 16.5. The number of nitrogens with two attached hydrogens (primary N) is 1. The number of benzene rings is 1. The molecule has 0 radical (unpaired) electrons. The standard InChI is InChI=1S/C14H20N2O2/c1-4-14(2,15)10-5-6-12-11(9-10)16(3)13(17)7-8-18-12/h5-6,9H,4,7-8,15H2,1-3H3. The quantitative estimate of drug-likeness (QED) is 0.871. The summed E-state index contributed by atoms with van der Waals surface area (Å²) in [7, 11) is 1.78. The molecule has 0 spiro atoms. The number of carbonyl (C=O) groups excluding carboxylic acids is 1. The maximum Gasteiger partial charge on any atom is 0.230 e. The van der Waals surface area contributed by atoms with Crippen LogP contribution < -0.4 is 15.4 Å². The monoisotopic (exact) mass is 248 g/mol. The zero-order valence-electron chi connectivity index (χ0n) is 11.2. The van der Waals surface area contributed by atoms with Crippen LogP contribution in [0.3, 0.4) is 0 Å². The van der Waals surface area contributed by atoms with Gasteiger partial charge in [0.1, 0.15) is 5.75 Å². The fraction of sp³-hybridized carbons (Fsp3) is 0.500. The summed E-state index contributed by atoms with van der Waals surface area (Å²) in [6, 6.07) is 5.84. The second-order valence-electron chi connectivity index (χ2n) is 5.00. The molecular formula is C14H20N2O2. The molecule has 1 heterocycles. The van der Waals surface area contributed by atoms with Gasteiger partial charge >= 0.3 is 0 Å². The minimum atomic E-state index is -0.384.